The maximum atomic E-state index is 12.3. The van der Waals surface area contributed by atoms with Crippen molar-refractivity contribution in [3.63, 3.8) is 0 Å². The number of rotatable bonds is 3. The van der Waals surface area contributed by atoms with E-state index in [4.69, 9.17) is 4.74 Å². The Morgan fingerprint density at radius 3 is 2.65 bits per heavy atom. The number of carbonyl (C=O) groups excluding carboxylic acids is 2. The monoisotopic (exact) mass is 316 g/mol. The zero-order chi connectivity index (χ0) is 17.4. The van der Waals surface area contributed by atoms with Crippen molar-refractivity contribution >= 4 is 11.8 Å². The summed E-state index contributed by atoms with van der Waals surface area (Å²) in [6, 6.07) is 0. The van der Waals surface area contributed by atoms with Crippen molar-refractivity contribution in [2.24, 2.45) is 17.3 Å². The van der Waals surface area contributed by atoms with Crippen LogP contribution in [0.15, 0.2) is 35.5 Å². The van der Waals surface area contributed by atoms with Crippen molar-refractivity contribution in [1.29, 1.82) is 0 Å². The normalized spacial score (nSPS) is 34.5. The van der Waals surface area contributed by atoms with E-state index in [1.807, 2.05) is 19.9 Å². The molecule has 0 aliphatic heterocycles. The summed E-state index contributed by atoms with van der Waals surface area (Å²) in [7, 11) is 0. The third-order valence-electron chi connectivity index (χ3n) is 5.89. The summed E-state index contributed by atoms with van der Waals surface area (Å²) in [5.41, 5.74) is 2.66. The summed E-state index contributed by atoms with van der Waals surface area (Å²) in [6.07, 6.45) is 5.88. The molecule has 0 unspecified atom stereocenters. The van der Waals surface area contributed by atoms with E-state index in [9.17, 15) is 9.59 Å². The van der Waals surface area contributed by atoms with Crippen molar-refractivity contribution in [3.05, 3.63) is 35.5 Å². The first-order chi connectivity index (χ1) is 10.7. The van der Waals surface area contributed by atoms with Gasteiger partial charge in [0.25, 0.3) is 0 Å². The van der Waals surface area contributed by atoms with Gasteiger partial charge in [0.2, 0.25) is 0 Å². The van der Waals surface area contributed by atoms with Crippen molar-refractivity contribution in [1.82, 2.24) is 0 Å². The standard InChI is InChI=1S/C20H28O3/c1-7-13(4)19(22)23-18-9-8-15-10-17(21)16(12(2)3)11-20(15,6)14(18)5/h7,10,14,16,18H,2,8-9,11H2,1,3-6H3/b13-7-/t14-,16-,18+,20+/m1/s1. The van der Waals surface area contributed by atoms with Gasteiger partial charge < -0.3 is 4.74 Å². The zero-order valence-electron chi connectivity index (χ0n) is 14.9. The van der Waals surface area contributed by atoms with Gasteiger partial charge in [-0.05, 0) is 51.5 Å². The van der Waals surface area contributed by atoms with Crippen LogP contribution >= 0.6 is 0 Å². The minimum Gasteiger partial charge on any atom is -0.459 e. The van der Waals surface area contributed by atoms with E-state index in [0.29, 0.717) is 5.57 Å². The number of allylic oxidation sites excluding steroid dienone is 4. The molecule has 2 rings (SSSR count). The number of fused-ring (bicyclic) bond motifs is 1. The highest BCUT2D eigenvalue weighted by molar-refractivity contribution is 5.95. The number of carbonyl (C=O) groups is 2. The lowest BCUT2D eigenvalue weighted by Gasteiger charge is -2.49. The molecule has 0 spiro atoms. The summed E-state index contributed by atoms with van der Waals surface area (Å²) in [5.74, 6) is 0.0186. The molecule has 0 aromatic heterocycles. The van der Waals surface area contributed by atoms with E-state index in [-0.39, 0.29) is 35.1 Å². The van der Waals surface area contributed by atoms with Gasteiger partial charge in [-0.2, -0.15) is 0 Å². The van der Waals surface area contributed by atoms with Crippen molar-refractivity contribution < 1.29 is 14.3 Å². The Balaban J connectivity index is 2.25. The van der Waals surface area contributed by atoms with Gasteiger partial charge in [0, 0.05) is 17.4 Å². The fourth-order valence-corrected chi connectivity index (χ4v) is 3.81. The molecule has 2 aliphatic carbocycles. The van der Waals surface area contributed by atoms with Gasteiger partial charge in [-0.1, -0.05) is 37.6 Å². The van der Waals surface area contributed by atoms with E-state index in [0.717, 1.165) is 24.8 Å². The molecule has 23 heavy (non-hydrogen) atoms. The predicted molar refractivity (Wildman–Crippen MR) is 91.8 cm³/mol. The molecule has 0 N–H and O–H groups in total. The first-order valence-electron chi connectivity index (χ1n) is 8.45. The minimum atomic E-state index is -0.233. The third-order valence-corrected chi connectivity index (χ3v) is 5.89. The second-order valence-corrected chi connectivity index (χ2v) is 7.34. The average molecular weight is 316 g/mol. The maximum absolute atomic E-state index is 12.3. The molecule has 2 aliphatic rings. The summed E-state index contributed by atoms with van der Waals surface area (Å²) < 4.78 is 5.75. The molecule has 4 atom stereocenters. The Hall–Kier alpha value is -1.64. The molecule has 0 bridgehead atoms. The molecule has 3 heteroatoms. The van der Waals surface area contributed by atoms with Crippen LogP contribution in [-0.4, -0.2) is 17.9 Å². The molecule has 1 saturated carbocycles. The number of hydrogen-bond acceptors (Lipinski definition) is 3. The van der Waals surface area contributed by atoms with Gasteiger partial charge in [-0.3, -0.25) is 4.79 Å². The first-order valence-corrected chi connectivity index (χ1v) is 8.45. The van der Waals surface area contributed by atoms with Crippen LogP contribution in [0.4, 0.5) is 0 Å². The van der Waals surface area contributed by atoms with Crippen LogP contribution in [0.25, 0.3) is 0 Å². The molecular weight excluding hydrogens is 288 g/mol. The minimum absolute atomic E-state index is 0.0986. The molecule has 0 amide bonds. The van der Waals surface area contributed by atoms with Gasteiger partial charge in [-0.25, -0.2) is 4.79 Å². The first kappa shape index (κ1) is 17.7. The van der Waals surface area contributed by atoms with Crippen LogP contribution in [0.2, 0.25) is 0 Å². The van der Waals surface area contributed by atoms with Crippen molar-refractivity contribution in [2.45, 2.75) is 60.0 Å². The summed E-state index contributed by atoms with van der Waals surface area (Å²) in [4.78, 5) is 24.4. The van der Waals surface area contributed by atoms with Crippen LogP contribution in [0.3, 0.4) is 0 Å². The molecule has 0 heterocycles. The lowest BCUT2D eigenvalue weighted by molar-refractivity contribution is -0.151. The Labute approximate surface area is 139 Å². The molecule has 126 valence electrons. The lowest BCUT2D eigenvalue weighted by Crippen LogP contribution is -2.46. The largest absolute Gasteiger partial charge is 0.459 e. The molecule has 0 aromatic carbocycles. The van der Waals surface area contributed by atoms with Crippen molar-refractivity contribution in [3.8, 4) is 0 Å². The van der Waals surface area contributed by atoms with Gasteiger partial charge in [0.05, 0.1) is 0 Å². The van der Waals surface area contributed by atoms with Gasteiger partial charge in [-0.15, -0.1) is 0 Å². The third kappa shape index (κ3) is 3.19. The predicted octanol–water partition coefficient (Wildman–Crippen LogP) is 4.39. The Morgan fingerprint density at radius 2 is 2.09 bits per heavy atom. The summed E-state index contributed by atoms with van der Waals surface area (Å²) in [5, 5.41) is 0. The van der Waals surface area contributed by atoms with E-state index >= 15 is 0 Å². The highest BCUT2D eigenvalue weighted by Crippen LogP contribution is 2.53. The summed E-state index contributed by atoms with van der Waals surface area (Å²) in [6.45, 7) is 13.9. The number of esters is 1. The van der Waals surface area contributed by atoms with Gasteiger partial charge >= 0.3 is 5.97 Å². The van der Waals surface area contributed by atoms with E-state index < -0.39 is 0 Å². The Bertz CT molecular complexity index is 596. The topological polar surface area (TPSA) is 43.4 Å². The summed E-state index contributed by atoms with van der Waals surface area (Å²) >= 11 is 0. The molecule has 1 fully saturated rings. The molecule has 0 aromatic rings. The number of hydrogen-bond donors (Lipinski definition) is 0. The SMILES string of the molecule is C=C(C)[C@H]1C[C@]2(C)C(=CC1=O)CC[C@H](OC(=O)/C(C)=C\C)[C@H]2C. The van der Waals surface area contributed by atoms with Crippen LogP contribution < -0.4 is 0 Å². The van der Waals surface area contributed by atoms with E-state index in [1.165, 1.54) is 5.57 Å². The maximum Gasteiger partial charge on any atom is 0.333 e. The smallest absolute Gasteiger partial charge is 0.333 e. The van der Waals surface area contributed by atoms with Crippen molar-refractivity contribution in [2.75, 3.05) is 0 Å². The Kier molecular flexibility index (Phi) is 4.98. The van der Waals surface area contributed by atoms with Crippen LogP contribution in [0.1, 0.15) is 53.9 Å². The molecule has 3 nitrogen and oxygen atoms in total. The zero-order valence-corrected chi connectivity index (χ0v) is 14.9. The highest BCUT2D eigenvalue weighted by atomic mass is 16.5. The highest BCUT2D eigenvalue weighted by Gasteiger charge is 2.48. The van der Waals surface area contributed by atoms with Gasteiger partial charge in [0.15, 0.2) is 5.78 Å². The fraction of sp³-hybridized carbons (Fsp3) is 0.600. The van der Waals surface area contributed by atoms with Crippen LogP contribution in [-0.2, 0) is 14.3 Å². The van der Waals surface area contributed by atoms with Crippen LogP contribution in [0.5, 0.6) is 0 Å². The molecular formula is C20H28O3. The Morgan fingerprint density at radius 1 is 1.43 bits per heavy atom. The fourth-order valence-electron chi connectivity index (χ4n) is 3.81. The molecule has 0 saturated heterocycles. The van der Waals surface area contributed by atoms with E-state index in [2.05, 4.69) is 20.4 Å². The van der Waals surface area contributed by atoms with E-state index in [1.54, 1.807) is 13.0 Å². The average Bonchev–Trinajstić information content (AvgIpc) is 2.50. The van der Waals surface area contributed by atoms with Gasteiger partial charge in [0.1, 0.15) is 6.10 Å². The second kappa shape index (κ2) is 6.46. The second-order valence-electron chi connectivity index (χ2n) is 7.34. The lowest BCUT2D eigenvalue weighted by atomic mass is 9.57. The number of ether oxygens (including phenoxy) is 1. The number of ketones is 1. The molecule has 0 radical (unpaired) electrons. The van der Waals surface area contributed by atoms with Crippen LogP contribution in [0, 0.1) is 17.3 Å². The quantitative estimate of drug-likeness (QED) is 0.440.